The van der Waals surface area contributed by atoms with E-state index in [1.165, 1.54) is 6.07 Å². The number of primary sulfonamides is 1. The van der Waals surface area contributed by atoms with Crippen molar-refractivity contribution in [2.24, 2.45) is 5.14 Å². The largest absolute Gasteiger partial charge is 0.455 e. The van der Waals surface area contributed by atoms with Gasteiger partial charge in [-0.1, -0.05) is 30.3 Å². The van der Waals surface area contributed by atoms with Gasteiger partial charge in [0.1, 0.15) is 6.61 Å². The maximum Gasteiger partial charge on any atom is 0.374 e. The number of carbonyl (C=O) groups excluding carboxylic acids is 1. The molecule has 2 N–H and O–H groups in total. The van der Waals surface area contributed by atoms with Gasteiger partial charge in [0.25, 0.3) is 10.0 Å². The maximum absolute atomic E-state index is 11.6. The van der Waals surface area contributed by atoms with Crippen LogP contribution in [0.2, 0.25) is 0 Å². The van der Waals surface area contributed by atoms with E-state index in [4.69, 9.17) is 14.3 Å². The minimum atomic E-state index is -3.96. The fourth-order valence-electron chi connectivity index (χ4n) is 1.38. The Bertz CT molecular complexity index is 675. The van der Waals surface area contributed by atoms with Crippen molar-refractivity contribution in [3.63, 3.8) is 0 Å². The Morgan fingerprint density at radius 3 is 2.42 bits per heavy atom. The monoisotopic (exact) mass is 281 g/mol. The number of benzene rings is 1. The number of hydrogen-bond donors (Lipinski definition) is 1. The molecule has 0 saturated carbocycles. The van der Waals surface area contributed by atoms with Crippen molar-refractivity contribution >= 4 is 16.0 Å². The number of nitrogens with two attached hydrogens (primary N) is 1. The van der Waals surface area contributed by atoms with Crippen LogP contribution in [0.5, 0.6) is 0 Å². The molecule has 0 atom stereocenters. The lowest BCUT2D eigenvalue weighted by Crippen LogP contribution is -2.11. The SMILES string of the molecule is NS(=O)(=O)c1ccc(C(=O)OCc2ccccc2)o1. The molecule has 2 aromatic rings. The Labute approximate surface area is 109 Å². The molecule has 0 radical (unpaired) electrons. The van der Waals surface area contributed by atoms with Gasteiger partial charge in [-0.2, -0.15) is 0 Å². The molecule has 100 valence electrons. The van der Waals surface area contributed by atoms with E-state index in [1.807, 2.05) is 18.2 Å². The van der Waals surface area contributed by atoms with Crippen molar-refractivity contribution in [1.82, 2.24) is 0 Å². The molecule has 1 aromatic carbocycles. The Morgan fingerprint density at radius 2 is 1.84 bits per heavy atom. The minimum absolute atomic E-state index is 0.0745. The number of furan rings is 1. The molecule has 0 saturated heterocycles. The van der Waals surface area contributed by atoms with Crippen LogP contribution in [0.1, 0.15) is 16.1 Å². The van der Waals surface area contributed by atoms with E-state index in [1.54, 1.807) is 12.1 Å². The van der Waals surface area contributed by atoms with E-state index in [0.717, 1.165) is 11.6 Å². The van der Waals surface area contributed by atoms with Crippen LogP contribution in [0, 0.1) is 0 Å². The summed E-state index contributed by atoms with van der Waals surface area (Å²) in [6.45, 7) is 0.0745. The molecule has 7 heteroatoms. The van der Waals surface area contributed by atoms with Gasteiger partial charge in [0.2, 0.25) is 10.9 Å². The van der Waals surface area contributed by atoms with E-state index < -0.39 is 21.1 Å². The summed E-state index contributed by atoms with van der Waals surface area (Å²) in [5, 5.41) is 4.39. The second-order valence-electron chi connectivity index (χ2n) is 3.73. The molecule has 19 heavy (non-hydrogen) atoms. The van der Waals surface area contributed by atoms with E-state index in [2.05, 4.69) is 0 Å². The lowest BCUT2D eigenvalue weighted by Gasteiger charge is -2.02. The van der Waals surface area contributed by atoms with E-state index in [0.29, 0.717) is 0 Å². The molecular formula is C12H11NO5S. The molecule has 1 heterocycles. The molecule has 0 aliphatic carbocycles. The standard InChI is InChI=1S/C12H11NO5S/c13-19(15,16)11-7-6-10(18-11)12(14)17-8-9-4-2-1-3-5-9/h1-7H,8H2,(H2,13,15,16). The third-order valence-corrected chi connectivity index (χ3v) is 3.06. The molecule has 0 unspecified atom stereocenters. The molecule has 0 spiro atoms. The smallest absolute Gasteiger partial charge is 0.374 e. The van der Waals surface area contributed by atoms with Crippen LogP contribution in [0.15, 0.2) is 52.0 Å². The molecule has 0 bridgehead atoms. The van der Waals surface area contributed by atoms with Crippen LogP contribution < -0.4 is 5.14 Å². The van der Waals surface area contributed by atoms with Gasteiger partial charge in [-0.05, 0) is 17.7 Å². The van der Waals surface area contributed by atoms with Crippen molar-refractivity contribution in [2.75, 3.05) is 0 Å². The number of carbonyl (C=O) groups is 1. The van der Waals surface area contributed by atoms with E-state index >= 15 is 0 Å². The first-order valence-electron chi connectivity index (χ1n) is 5.30. The number of hydrogen-bond acceptors (Lipinski definition) is 5. The highest BCUT2D eigenvalue weighted by atomic mass is 32.2. The fourth-order valence-corrected chi connectivity index (χ4v) is 1.84. The average molecular weight is 281 g/mol. The summed E-state index contributed by atoms with van der Waals surface area (Å²) in [6, 6.07) is 11.4. The van der Waals surface area contributed by atoms with E-state index in [9.17, 15) is 13.2 Å². The van der Waals surface area contributed by atoms with Gasteiger partial charge >= 0.3 is 5.97 Å². The van der Waals surface area contributed by atoms with Crippen LogP contribution in [0.25, 0.3) is 0 Å². The third kappa shape index (κ3) is 3.43. The predicted octanol–water partition coefficient (Wildman–Crippen LogP) is 1.28. The first-order chi connectivity index (χ1) is 8.97. The van der Waals surface area contributed by atoms with Crippen molar-refractivity contribution in [1.29, 1.82) is 0 Å². The Balaban J connectivity index is 2.03. The number of sulfonamides is 1. The second kappa shape index (κ2) is 5.25. The molecular weight excluding hydrogens is 270 g/mol. The minimum Gasteiger partial charge on any atom is -0.455 e. The van der Waals surface area contributed by atoms with Gasteiger partial charge in [0.15, 0.2) is 0 Å². The molecule has 0 fully saturated rings. The zero-order valence-electron chi connectivity index (χ0n) is 9.78. The summed E-state index contributed by atoms with van der Waals surface area (Å²) in [6.07, 6.45) is 0. The van der Waals surface area contributed by atoms with Crippen molar-refractivity contribution in [3.8, 4) is 0 Å². The highest BCUT2D eigenvalue weighted by Crippen LogP contribution is 2.14. The Morgan fingerprint density at radius 1 is 1.16 bits per heavy atom. The third-order valence-electron chi connectivity index (χ3n) is 2.28. The van der Waals surface area contributed by atoms with Crippen molar-refractivity contribution in [3.05, 3.63) is 53.8 Å². The first-order valence-corrected chi connectivity index (χ1v) is 6.85. The van der Waals surface area contributed by atoms with Crippen LogP contribution in [0.4, 0.5) is 0 Å². The fraction of sp³-hybridized carbons (Fsp3) is 0.0833. The molecule has 2 rings (SSSR count). The zero-order chi connectivity index (χ0) is 13.9. The highest BCUT2D eigenvalue weighted by Gasteiger charge is 2.18. The summed E-state index contributed by atoms with van der Waals surface area (Å²) < 4.78 is 31.7. The highest BCUT2D eigenvalue weighted by molar-refractivity contribution is 7.89. The van der Waals surface area contributed by atoms with Crippen molar-refractivity contribution < 1.29 is 22.4 Å². The Hall–Kier alpha value is -2.12. The number of ether oxygens (including phenoxy) is 1. The average Bonchev–Trinajstić information content (AvgIpc) is 2.87. The summed E-state index contributed by atoms with van der Waals surface area (Å²) in [5.41, 5.74) is 0.814. The van der Waals surface area contributed by atoms with Gasteiger partial charge in [0.05, 0.1) is 0 Å². The van der Waals surface area contributed by atoms with Gasteiger partial charge < -0.3 is 9.15 Å². The molecule has 6 nitrogen and oxygen atoms in total. The Kier molecular flexibility index (Phi) is 3.68. The van der Waals surface area contributed by atoms with Crippen LogP contribution in [-0.4, -0.2) is 14.4 Å². The summed E-state index contributed by atoms with van der Waals surface area (Å²) in [5.74, 6) is -0.960. The molecule has 0 aliphatic heterocycles. The van der Waals surface area contributed by atoms with Crippen LogP contribution >= 0.6 is 0 Å². The second-order valence-corrected chi connectivity index (χ2v) is 5.22. The molecule has 1 aromatic heterocycles. The summed E-state index contributed by atoms with van der Waals surface area (Å²) >= 11 is 0. The predicted molar refractivity (Wildman–Crippen MR) is 65.6 cm³/mol. The first kappa shape index (κ1) is 13.3. The van der Waals surface area contributed by atoms with Gasteiger partial charge in [-0.3, -0.25) is 0 Å². The zero-order valence-corrected chi connectivity index (χ0v) is 10.6. The molecule has 0 aliphatic rings. The quantitative estimate of drug-likeness (QED) is 0.851. The molecule has 0 amide bonds. The van der Waals surface area contributed by atoms with Gasteiger partial charge in [-0.25, -0.2) is 18.4 Å². The number of esters is 1. The lowest BCUT2D eigenvalue weighted by molar-refractivity contribution is 0.0430. The summed E-state index contributed by atoms with van der Waals surface area (Å²) in [4.78, 5) is 11.6. The van der Waals surface area contributed by atoms with E-state index in [-0.39, 0.29) is 12.4 Å². The normalized spacial score (nSPS) is 11.2. The topological polar surface area (TPSA) is 99.6 Å². The lowest BCUT2D eigenvalue weighted by atomic mass is 10.2. The van der Waals surface area contributed by atoms with Gasteiger partial charge in [-0.15, -0.1) is 0 Å². The summed E-state index contributed by atoms with van der Waals surface area (Å²) in [7, 11) is -3.96. The number of rotatable bonds is 4. The van der Waals surface area contributed by atoms with Crippen LogP contribution in [0.3, 0.4) is 0 Å². The van der Waals surface area contributed by atoms with Crippen molar-refractivity contribution in [2.45, 2.75) is 11.7 Å². The van der Waals surface area contributed by atoms with Gasteiger partial charge in [0, 0.05) is 0 Å². The van der Waals surface area contributed by atoms with Crippen LogP contribution in [-0.2, 0) is 21.4 Å². The maximum atomic E-state index is 11.6.